The molecule has 0 radical (unpaired) electrons. The van der Waals surface area contributed by atoms with Gasteiger partial charge in [0.15, 0.2) is 0 Å². The Kier molecular flexibility index (Phi) is 5.87. The van der Waals surface area contributed by atoms with Crippen molar-refractivity contribution in [3.63, 3.8) is 0 Å². The number of amides is 2. The molecule has 1 atom stereocenters. The van der Waals surface area contributed by atoms with Crippen molar-refractivity contribution in [2.75, 3.05) is 45.3 Å². The number of carbonyl (C=O) groups excluding carboxylic acids is 2. The molecule has 1 aromatic carbocycles. The lowest BCUT2D eigenvalue weighted by atomic mass is 10.2. The number of fused-ring (bicyclic) bond motifs is 1. The van der Waals surface area contributed by atoms with Gasteiger partial charge in [-0.3, -0.25) is 9.59 Å². The van der Waals surface area contributed by atoms with Crippen LogP contribution in [0.25, 0.3) is 10.9 Å². The molecule has 2 aromatic rings. The van der Waals surface area contributed by atoms with Crippen LogP contribution in [0.5, 0.6) is 0 Å². The normalized spacial score (nSPS) is 15.8. The monoisotopic (exact) mass is 360 g/mol. The maximum absolute atomic E-state index is 12.4. The Morgan fingerprint density at radius 3 is 2.81 bits per heavy atom. The zero-order chi connectivity index (χ0) is 18.5. The van der Waals surface area contributed by atoms with Crippen LogP contribution in [0.15, 0.2) is 30.5 Å². The Bertz CT molecular complexity index is 783. The smallest absolute Gasteiger partial charge is 0.243 e. The van der Waals surface area contributed by atoms with E-state index in [-0.39, 0.29) is 25.0 Å². The maximum Gasteiger partial charge on any atom is 0.243 e. The van der Waals surface area contributed by atoms with Crippen LogP contribution in [0.2, 0.25) is 0 Å². The first-order valence-corrected chi connectivity index (χ1v) is 8.58. The minimum Gasteiger partial charge on any atom is -0.383 e. The second-order valence-electron chi connectivity index (χ2n) is 6.26. The molecule has 1 saturated heterocycles. The van der Waals surface area contributed by atoms with E-state index >= 15 is 0 Å². The number of nitrogens with two attached hydrogens (primary N) is 1. The largest absolute Gasteiger partial charge is 0.383 e. The molecule has 0 saturated carbocycles. The number of nitrogens with one attached hydrogen (secondary N) is 1. The number of carbonyl (C=O) groups is 2. The summed E-state index contributed by atoms with van der Waals surface area (Å²) in [7, 11) is 1.50. The van der Waals surface area contributed by atoms with Gasteiger partial charge in [-0.15, -0.1) is 0 Å². The van der Waals surface area contributed by atoms with E-state index in [1.54, 1.807) is 6.07 Å². The highest BCUT2D eigenvalue weighted by molar-refractivity contribution is 5.97. The van der Waals surface area contributed by atoms with Gasteiger partial charge in [0, 0.05) is 43.0 Å². The van der Waals surface area contributed by atoms with Gasteiger partial charge >= 0.3 is 0 Å². The number of aromatic nitrogens is 1. The molecule has 3 N–H and O–H groups in total. The third-order valence-corrected chi connectivity index (χ3v) is 4.39. The second kappa shape index (κ2) is 8.31. The van der Waals surface area contributed by atoms with Gasteiger partial charge in [-0.2, -0.15) is 0 Å². The van der Waals surface area contributed by atoms with E-state index in [9.17, 15) is 9.59 Å². The van der Waals surface area contributed by atoms with Gasteiger partial charge in [0.05, 0.1) is 19.8 Å². The SMILES string of the molecule is COCC(N)C(=O)Nc1ccc2c(ccn2CC(=O)N2CCOCC2)c1. The van der Waals surface area contributed by atoms with Gasteiger partial charge in [-0.05, 0) is 24.3 Å². The molecule has 0 spiro atoms. The van der Waals surface area contributed by atoms with Crippen LogP contribution in [0.4, 0.5) is 5.69 Å². The van der Waals surface area contributed by atoms with Crippen molar-refractivity contribution in [2.45, 2.75) is 12.6 Å². The van der Waals surface area contributed by atoms with Crippen molar-refractivity contribution in [2.24, 2.45) is 5.73 Å². The highest BCUT2D eigenvalue weighted by atomic mass is 16.5. The Labute approximate surface area is 151 Å². The summed E-state index contributed by atoms with van der Waals surface area (Å²) in [5.41, 5.74) is 7.32. The van der Waals surface area contributed by atoms with Gasteiger partial charge < -0.3 is 30.0 Å². The van der Waals surface area contributed by atoms with Crippen molar-refractivity contribution in [1.29, 1.82) is 0 Å². The van der Waals surface area contributed by atoms with Gasteiger partial charge in [0.1, 0.15) is 12.6 Å². The van der Waals surface area contributed by atoms with Crippen molar-refractivity contribution >= 4 is 28.4 Å². The van der Waals surface area contributed by atoms with Crippen molar-refractivity contribution in [3.05, 3.63) is 30.5 Å². The minimum atomic E-state index is -0.716. The molecule has 2 amide bonds. The third-order valence-electron chi connectivity index (χ3n) is 4.39. The van der Waals surface area contributed by atoms with Crippen LogP contribution in [-0.2, 0) is 25.6 Å². The minimum absolute atomic E-state index is 0.0775. The number of morpholine rings is 1. The molecule has 1 aliphatic heterocycles. The summed E-state index contributed by atoms with van der Waals surface area (Å²) in [6.07, 6.45) is 1.88. The number of methoxy groups -OCH3 is 1. The van der Waals surface area contributed by atoms with Crippen LogP contribution in [0.1, 0.15) is 0 Å². The summed E-state index contributed by atoms with van der Waals surface area (Å²) in [6.45, 7) is 2.90. The Morgan fingerprint density at radius 1 is 1.31 bits per heavy atom. The van der Waals surface area contributed by atoms with Crippen LogP contribution < -0.4 is 11.1 Å². The predicted octanol–water partition coefficient (Wildman–Crippen LogP) is 0.412. The molecule has 1 fully saturated rings. The highest BCUT2D eigenvalue weighted by Crippen LogP contribution is 2.21. The fourth-order valence-electron chi connectivity index (χ4n) is 2.96. The molecule has 26 heavy (non-hydrogen) atoms. The standard InChI is InChI=1S/C18H24N4O4/c1-25-12-15(19)18(24)20-14-2-3-16-13(10-14)4-5-22(16)11-17(23)21-6-8-26-9-7-21/h2-5,10,15H,6-9,11-12,19H2,1H3,(H,20,24). The molecule has 2 heterocycles. The van der Waals surface area contributed by atoms with Gasteiger partial charge in [-0.25, -0.2) is 0 Å². The van der Waals surface area contributed by atoms with Crippen molar-refractivity contribution in [3.8, 4) is 0 Å². The molecular weight excluding hydrogens is 336 g/mol. The number of nitrogens with zero attached hydrogens (tertiary/aromatic N) is 2. The first kappa shape index (κ1) is 18.4. The molecule has 1 unspecified atom stereocenters. The van der Waals surface area contributed by atoms with Gasteiger partial charge in [-0.1, -0.05) is 0 Å². The van der Waals surface area contributed by atoms with Crippen LogP contribution in [0.3, 0.4) is 0 Å². The van der Waals surface area contributed by atoms with Crippen LogP contribution >= 0.6 is 0 Å². The fourth-order valence-corrected chi connectivity index (χ4v) is 2.96. The van der Waals surface area contributed by atoms with E-state index in [0.717, 1.165) is 10.9 Å². The molecule has 1 aromatic heterocycles. The lowest BCUT2D eigenvalue weighted by Gasteiger charge is -2.27. The van der Waals surface area contributed by atoms with E-state index in [1.165, 1.54) is 7.11 Å². The summed E-state index contributed by atoms with van der Waals surface area (Å²) < 4.78 is 12.1. The molecule has 140 valence electrons. The number of hydrogen-bond donors (Lipinski definition) is 2. The van der Waals surface area contributed by atoms with E-state index in [2.05, 4.69) is 5.32 Å². The average Bonchev–Trinajstić information content (AvgIpc) is 3.04. The molecule has 0 aliphatic carbocycles. The Balaban J connectivity index is 1.68. The summed E-state index contributed by atoms with van der Waals surface area (Å²) >= 11 is 0. The molecular formula is C18H24N4O4. The number of hydrogen-bond acceptors (Lipinski definition) is 5. The zero-order valence-corrected chi connectivity index (χ0v) is 14.8. The summed E-state index contributed by atoms with van der Waals surface area (Å²) in [5.74, 6) is -0.221. The second-order valence-corrected chi connectivity index (χ2v) is 6.26. The Morgan fingerprint density at radius 2 is 2.08 bits per heavy atom. The topological polar surface area (TPSA) is 98.8 Å². The van der Waals surface area contributed by atoms with Crippen LogP contribution in [-0.4, -0.2) is 67.3 Å². The number of anilines is 1. The zero-order valence-electron chi connectivity index (χ0n) is 14.8. The number of ether oxygens (including phenoxy) is 2. The highest BCUT2D eigenvalue weighted by Gasteiger charge is 2.18. The average molecular weight is 360 g/mol. The lowest BCUT2D eigenvalue weighted by molar-refractivity contribution is -0.135. The maximum atomic E-state index is 12.4. The van der Waals surface area contributed by atoms with Gasteiger partial charge in [0.2, 0.25) is 11.8 Å². The van der Waals surface area contributed by atoms with E-state index in [0.29, 0.717) is 32.0 Å². The number of benzene rings is 1. The molecule has 8 heteroatoms. The van der Waals surface area contributed by atoms with E-state index < -0.39 is 6.04 Å². The van der Waals surface area contributed by atoms with Crippen molar-refractivity contribution in [1.82, 2.24) is 9.47 Å². The fraction of sp³-hybridized carbons (Fsp3) is 0.444. The number of rotatable bonds is 6. The lowest BCUT2D eigenvalue weighted by Crippen LogP contribution is -2.42. The summed E-state index contributed by atoms with van der Waals surface area (Å²) in [5, 5.41) is 3.72. The van der Waals surface area contributed by atoms with Gasteiger partial charge in [0.25, 0.3) is 0 Å². The summed E-state index contributed by atoms with van der Waals surface area (Å²) in [6, 6.07) is 6.76. The van der Waals surface area contributed by atoms with E-state index in [1.807, 2.05) is 33.9 Å². The van der Waals surface area contributed by atoms with Crippen molar-refractivity contribution < 1.29 is 19.1 Å². The molecule has 1 aliphatic rings. The Hall–Kier alpha value is -2.42. The first-order valence-electron chi connectivity index (χ1n) is 8.58. The summed E-state index contributed by atoms with van der Waals surface area (Å²) in [4.78, 5) is 26.2. The third kappa shape index (κ3) is 4.21. The molecule has 3 rings (SSSR count). The molecule has 0 bridgehead atoms. The van der Waals surface area contributed by atoms with Crippen LogP contribution in [0, 0.1) is 0 Å². The quantitative estimate of drug-likeness (QED) is 0.778. The predicted molar refractivity (Wildman–Crippen MR) is 97.8 cm³/mol. The molecule has 8 nitrogen and oxygen atoms in total. The van der Waals surface area contributed by atoms with E-state index in [4.69, 9.17) is 15.2 Å². The first-order chi connectivity index (χ1) is 12.6.